The first-order valence-electron chi connectivity index (χ1n) is 23.0. The van der Waals surface area contributed by atoms with E-state index in [9.17, 15) is 15.3 Å². The normalized spacial score (nSPS) is 12.0. The van der Waals surface area contributed by atoms with E-state index in [0.717, 1.165) is 33.4 Å². The van der Waals surface area contributed by atoms with Crippen molar-refractivity contribution in [2.45, 2.75) is 58.3 Å². The summed E-state index contributed by atoms with van der Waals surface area (Å²) in [7, 11) is 0. The lowest BCUT2D eigenvalue weighted by molar-refractivity contribution is 0.125. The van der Waals surface area contributed by atoms with Crippen molar-refractivity contribution in [3.05, 3.63) is 302 Å². The van der Waals surface area contributed by atoms with Gasteiger partial charge in [0.1, 0.15) is 16.8 Å². The fourth-order valence-electron chi connectivity index (χ4n) is 9.51. The minimum absolute atomic E-state index is 0.607. The summed E-state index contributed by atoms with van der Waals surface area (Å²) >= 11 is 0. The summed E-state index contributed by atoms with van der Waals surface area (Å²) in [6.45, 7) is 12.3. The highest BCUT2D eigenvalue weighted by molar-refractivity contribution is 5.85. The number of hydrogen-bond donors (Lipinski definition) is 3. The molecule has 9 aromatic carbocycles. The van der Waals surface area contributed by atoms with Gasteiger partial charge in [0, 0.05) is 16.7 Å². The molecule has 0 amide bonds. The van der Waals surface area contributed by atoms with Gasteiger partial charge in [-0.2, -0.15) is 0 Å². The molecule has 0 aliphatic carbocycles. The molecule has 67 heavy (non-hydrogen) atoms. The average Bonchev–Trinajstić information content (AvgIpc) is 3.35. The molecule has 0 atom stereocenters. The largest absolute Gasteiger partial charge is 0.376 e. The molecule has 0 aliphatic rings. The smallest absolute Gasteiger partial charge is 0.142 e. The summed E-state index contributed by atoms with van der Waals surface area (Å²) in [4.78, 5) is 2.13. The molecule has 0 aromatic heterocycles. The second-order valence-corrected chi connectivity index (χ2v) is 18.2. The van der Waals surface area contributed by atoms with Crippen LogP contribution in [0.5, 0.6) is 0 Å². The number of aliphatic hydroxyl groups is 3. The monoisotopic (exact) mass is 875 g/mol. The summed E-state index contributed by atoms with van der Waals surface area (Å²) in [5, 5.41) is 41.6. The maximum Gasteiger partial charge on any atom is 0.142 e. The molecule has 0 spiro atoms. The first-order chi connectivity index (χ1) is 32.3. The van der Waals surface area contributed by atoms with Gasteiger partial charge >= 0.3 is 0 Å². The van der Waals surface area contributed by atoms with Crippen LogP contribution >= 0.6 is 0 Å². The van der Waals surface area contributed by atoms with E-state index in [2.05, 4.69) is 4.90 Å². The van der Waals surface area contributed by atoms with Crippen molar-refractivity contribution in [1.29, 1.82) is 0 Å². The molecule has 0 bridgehead atoms. The summed E-state index contributed by atoms with van der Waals surface area (Å²) < 4.78 is 0. The average molecular weight is 876 g/mol. The van der Waals surface area contributed by atoms with E-state index in [-0.39, 0.29) is 0 Å². The zero-order chi connectivity index (χ0) is 46.9. The molecule has 0 unspecified atom stereocenters. The van der Waals surface area contributed by atoms with Crippen LogP contribution in [0.15, 0.2) is 218 Å². The van der Waals surface area contributed by atoms with Crippen LogP contribution in [0.3, 0.4) is 0 Å². The van der Waals surface area contributed by atoms with E-state index < -0.39 is 16.8 Å². The maximum absolute atomic E-state index is 13.9. The molecule has 0 fully saturated rings. The maximum atomic E-state index is 13.9. The highest BCUT2D eigenvalue weighted by atomic mass is 16.3. The van der Waals surface area contributed by atoms with E-state index in [4.69, 9.17) is 0 Å². The van der Waals surface area contributed by atoms with E-state index in [1.54, 1.807) is 0 Å². The predicted octanol–water partition coefficient (Wildman–Crippen LogP) is 13.9. The van der Waals surface area contributed by atoms with Crippen LogP contribution in [0.1, 0.15) is 83.5 Å². The van der Waals surface area contributed by atoms with Crippen molar-refractivity contribution in [3.63, 3.8) is 0 Å². The molecule has 9 aromatic rings. The van der Waals surface area contributed by atoms with Gasteiger partial charge < -0.3 is 20.2 Å². The summed E-state index contributed by atoms with van der Waals surface area (Å²) in [6.07, 6.45) is 0. The summed E-state index contributed by atoms with van der Waals surface area (Å²) in [6, 6.07) is 72.3. The minimum Gasteiger partial charge on any atom is -0.376 e. The molecule has 9 rings (SSSR count). The number of nitrogens with zero attached hydrogens (tertiary/aromatic N) is 1. The lowest BCUT2D eigenvalue weighted by atomic mass is 9.76. The standard InChI is InChI=1S/C63H57NO3/c1-43-19-31-49(32-20-43)61(65,50-33-21-44(2)22-34-50)55-13-7-10-16-58(55)64(59-17-11-8-14-56(59)62(66,51-35-23-45(3)24-36-51)52-37-25-46(4)26-38-52)60-18-12-9-15-57(60)63(67,53-39-27-47(5)28-40-53)54-41-29-48(6)30-42-54/h7-42,65-67H,1-6H3. The van der Waals surface area contributed by atoms with Crippen LogP contribution in [0.4, 0.5) is 17.1 Å². The van der Waals surface area contributed by atoms with Crippen molar-refractivity contribution >= 4 is 17.1 Å². The predicted molar refractivity (Wildman–Crippen MR) is 275 cm³/mol. The lowest BCUT2D eigenvalue weighted by Gasteiger charge is -2.41. The third kappa shape index (κ3) is 8.19. The van der Waals surface area contributed by atoms with E-state index in [1.807, 2.05) is 260 Å². The van der Waals surface area contributed by atoms with Crippen molar-refractivity contribution in [1.82, 2.24) is 0 Å². The number of aryl methyl sites for hydroxylation is 6. The topological polar surface area (TPSA) is 63.9 Å². The Hall–Kier alpha value is -7.34. The molecule has 0 heterocycles. The molecule has 4 nitrogen and oxygen atoms in total. The molecule has 0 radical (unpaired) electrons. The minimum atomic E-state index is -1.67. The van der Waals surface area contributed by atoms with Gasteiger partial charge in [-0.25, -0.2) is 0 Å². The summed E-state index contributed by atoms with van der Waals surface area (Å²) in [5.74, 6) is 0. The number of benzene rings is 9. The first kappa shape index (κ1) is 44.8. The Morgan fingerprint density at radius 3 is 0.582 bits per heavy atom. The van der Waals surface area contributed by atoms with Gasteiger partial charge in [0.15, 0.2) is 0 Å². The lowest BCUT2D eigenvalue weighted by Crippen LogP contribution is -2.35. The van der Waals surface area contributed by atoms with Crippen LogP contribution in [0.25, 0.3) is 0 Å². The fraction of sp³-hybridized carbons (Fsp3) is 0.143. The van der Waals surface area contributed by atoms with Crippen LogP contribution in [-0.4, -0.2) is 15.3 Å². The Labute approximate surface area is 395 Å². The quantitative estimate of drug-likeness (QED) is 0.107. The Bertz CT molecular complexity index is 2650. The summed E-state index contributed by atoms with van der Waals surface area (Å²) in [5.41, 5.74) is 9.38. The Kier molecular flexibility index (Phi) is 12.1. The van der Waals surface area contributed by atoms with Gasteiger partial charge in [0.05, 0.1) is 17.1 Å². The number of hydrogen-bond acceptors (Lipinski definition) is 4. The van der Waals surface area contributed by atoms with Crippen molar-refractivity contribution < 1.29 is 15.3 Å². The highest BCUT2D eigenvalue weighted by Gasteiger charge is 2.43. The van der Waals surface area contributed by atoms with Gasteiger partial charge in [-0.15, -0.1) is 0 Å². The Morgan fingerprint density at radius 2 is 0.403 bits per heavy atom. The highest BCUT2D eigenvalue weighted by Crippen LogP contribution is 2.52. The van der Waals surface area contributed by atoms with Crippen LogP contribution in [-0.2, 0) is 16.8 Å². The van der Waals surface area contributed by atoms with E-state index >= 15 is 0 Å². The zero-order valence-corrected chi connectivity index (χ0v) is 39.1. The van der Waals surface area contributed by atoms with Gasteiger partial charge in [0.2, 0.25) is 0 Å². The third-order valence-corrected chi connectivity index (χ3v) is 13.4. The van der Waals surface area contributed by atoms with Crippen LogP contribution in [0, 0.1) is 41.5 Å². The van der Waals surface area contributed by atoms with Crippen molar-refractivity contribution in [2.24, 2.45) is 0 Å². The Morgan fingerprint density at radius 1 is 0.239 bits per heavy atom. The molecule has 3 N–H and O–H groups in total. The number of para-hydroxylation sites is 3. The van der Waals surface area contributed by atoms with Gasteiger partial charge in [0.25, 0.3) is 0 Å². The second-order valence-electron chi connectivity index (χ2n) is 18.2. The SMILES string of the molecule is Cc1ccc(C(O)(c2ccc(C)cc2)c2ccccc2N(c2ccccc2C(O)(c2ccc(C)cc2)c2ccc(C)cc2)c2ccccc2C(O)(c2ccc(C)cc2)c2ccc(C)cc2)cc1. The third-order valence-electron chi connectivity index (χ3n) is 13.4. The van der Waals surface area contributed by atoms with Crippen molar-refractivity contribution in [2.75, 3.05) is 4.90 Å². The number of rotatable bonds is 12. The Balaban J connectivity index is 1.42. The van der Waals surface area contributed by atoms with E-state index in [0.29, 0.717) is 67.1 Å². The van der Waals surface area contributed by atoms with E-state index in [1.165, 1.54) is 0 Å². The number of anilines is 3. The van der Waals surface area contributed by atoms with Crippen LogP contribution < -0.4 is 4.90 Å². The molecule has 4 heteroatoms. The molecule has 0 aliphatic heterocycles. The van der Waals surface area contributed by atoms with Gasteiger partial charge in [-0.3, -0.25) is 0 Å². The molecule has 0 saturated carbocycles. The van der Waals surface area contributed by atoms with Gasteiger partial charge in [-0.05, 0) is 93.1 Å². The fourth-order valence-corrected chi connectivity index (χ4v) is 9.51. The molecule has 332 valence electrons. The van der Waals surface area contributed by atoms with Crippen molar-refractivity contribution in [3.8, 4) is 0 Å². The zero-order valence-electron chi connectivity index (χ0n) is 39.1. The second kappa shape index (κ2) is 18.1. The molecular formula is C63H57NO3. The molecule has 0 saturated heterocycles. The van der Waals surface area contributed by atoms with Crippen LogP contribution in [0.2, 0.25) is 0 Å². The first-order valence-corrected chi connectivity index (χ1v) is 23.0. The van der Waals surface area contributed by atoms with Gasteiger partial charge in [-0.1, -0.05) is 234 Å². The molecular weight excluding hydrogens is 819 g/mol.